The van der Waals surface area contributed by atoms with Crippen LogP contribution in [-0.4, -0.2) is 10.3 Å². The van der Waals surface area contributed by atoms with Crippen molar-refractivity contribution in [1.29, 1.82) is 0 Å². The lowest BCUT2D eigenvalue weighted by molar-refractivity contribution is 0.314. The molecule has 19 heavy (non-hydrogen) atoms. The summed E-state index contributed by atoms with van der Waals surface area (Å²) >= 11 is 11.8. The molecule has 0 saturated carbocycles. The summed E-state index contributed by atoms with van der Waals surface area (Å²) < 4.78 is 10.3. The zero-order chi connectivity index (χ0) is 13.4. The first-order valence-corrected chi connectivity index (χ1v) is 6.04. The number of nitrogens with two attached hydrogens (primary N) is 1. The van der Waals surface area contributed by atoms with E-state index < -0.39 is 0 Å². The Kier molecular flexibility index (Phi) is 2.93. The summed E-state index contributed by atoms with van der Waals surface area (Å²) in [5.74, 6) is 0.954. The summed E-state index contributed by atoms with van der Waals surface area (Å²) in [6, 6.07) is 8.24. The molecule has 0 amide bonds. The summed E-state index contributed by atoms with van der Waals surface area (Å²) in [6.07, 6.45) is 0. The highest BCUT2D eigenvalue weighted by Crippen LogP contribution is 2.33. The SMILES string of the molecule is Nc1ccc(Oc2cc(Cl)cc(Cl)c2)c2nonc12. The fourth-order valence-corrected chi connectivity index (χ4v) is 2.17. The highest BCUT2D eigenvalue weighted by Gasteiger charge is 2.12. The maximum atomic E-state index is 5.91. The average Bonchev–Trinajstić information content (AvgIpc) is 2.81. The molecule has 0 unspecified atom stereocenters. The number of anilines is 1. The number of ether oxygens (including phenoxy) is 1. The van der Waals surface area contributed by atoms with E-state index in [2.05, 4.69) is 14.9 Å². The highest BCUT2D eigenvalue weighted by atomic mass is 35.5. The van der Waals surface area contributed by atoms with Crippen molar-refractivity contribution in [3.05, 3.63) is 40.4 Å². The van der Waals surface area contributed by atoms with Gasteiger partial charge < -0.3 is 10.5 Å². The van der Waals surface area contributed by atoms with Crippen molar-refractivity contribution < 1.29 is 9.37 Å². The molecule has 3 aromatic rings. The lowest BCUT2D eigenvalue weighted by atomic mass is 10.2. The third kappa shape index (κ3) is 2.30. The van der Waals surface area contributed by atoms with E-state index in [0.717, 1.165) is 0 Å². The summed E-state index contributed by atoms with van der Waals surface area (Å²) in [5, 5.41) is 8.43. The van der Waals surface area contributed by atoms with Crippen LogP contribution in [0.15, 0.2) is 35.0 Å². The molecule has 96 valence electrons. The van der Waals surface area contributed by atoms with E-state index in [1.165, 1.54) is 0 Å². The van der Waals surface area contributed by atoms with E-state index in [4.69, 9.17) is 33.7 Å². The van der Waals surface area contributed by atoms with Crippen molar-refractivity contribution in [3.8, 4) is 11.5 Å². The fourth-order valence-electron chi connectivity index (χ4n) is 1.66. The second-order valence-corrected chi connectivity index (χ2v) is 4.69. The molecule has 0 atom stereocenters. The fraction of sp³-hybridized carbons (Fsp3) is 0. The van der Waals surface area contributed by atoms with E-state index in [9.17, 15) is 0 Å². The zero-order valence-corrected chi connectivity index (χ0v) is 10.9. The number of fused-ring (bicyclic) bond motifs is 1. The molecule has 0 radical (unpaired) electrons. The minimum atomic E-state index is 0.441. The predicted molar refractivity (Wildman–Crippen MR) is 72.8 cm³/mol. The predicted octanol–water partition coefficient (Wildman–Crippen LogP) is 3.90. The van der Waals surface area contributed by atoms with Crippen molar-refractivity contribution >= 4 is 39.9 Å². The molecule has 0 aliphatic heterocycles. The van der Waals surface area contributed by atoms with Gasteiger partial charge in [-0.25, -0.2) is 4.63 Å². The Labute approximate surface area is 117 Å². The number of benzene rings is 2. The Balaban J connectivity index is 2.06. The third-order valence-corrected chi connectivity index (χ3v) is 2.91. The van der Waals surface area contributed by atoms with Crippen LogP contribution in [0.1, 0.15) is 0 Å². The number of hydrogen-bond acceptors (Lipinski definition) is 5. The van der Waals surface area contributed by atoms with E-state index in [1.54, 1.807) is 30.3 Å². The molecular formula is C12H7Cl2N3O2. The second-order valence-electron chi connectivity index (χ2n) is 3.82. The molecule has 1 heterocycles. The van der Waals surface area contributed by atoms with Gasteiger partial charge in [0.15, 0.2) is 16.8 Å². The maximum Gasteiger partial charge on any atom is 0.179 e. The van der Waals surface area contributed by atoms with Crippen molar-refractivity contribution in [3.63, 3.8) is 0 Å². The highest BCUT2D eigenvalue weighted by molar-refractivity contribution is 6.34. The molecule has 2 aromatic carbocycles. The van der Waals surface area contributed by atoms with Gasteiger partial charge >= 0.3 is 0 Å². The van der Waals surface area contributed by atoms with Crippen LogP contribution >= 0.6 is 23.2 Å². The smallest absolute Gasteiger partial charge is 0.179 e. The standard InChI is InChI=1S/C12H7Cl2N3O2/c13-6-3-7(14)5-8(4-6)18-10-2-1-9(15)11-12(10)17-19-16-11/h1-5H,15H2. The van der Waals surface area contributed by atoms with Crippen LogP contribution in [0.25, 0.3) is 11.0 Å². The van der Waals surface area contributed by atoms with Crippen LogP contribution in [0.3, 0.4) is 0 Å². The lowest BCUT2D eigenvalue weighted by Crippen LogP contribution is -1.90. The average molecular weight is 296 g/mol. The van der Waals surface area contributed by atoms with Gasteiger partial charge in [-0.3, -0.25) is 0 Å². The molecule has 7 heteroatoms. The van der Waals surface area contributed by atoms with Crippen LogP contribution in [0.2, 0.25) is 10.0 Å². The molecule has 2 N–H and O–H groups in total. The quantitative estimate of drug-likeness (QED) is 0.726. The molecule has 5 nitrogen and oxygen atoms in total. The van der Waals surface area contributed by atoms with Gasteiger partial charge in [-0.15, -0.1) is 0 Å². The number of rotatable bonds is 2. The zero-order valence-electron chi connectivity index (χ0n) is 9.43. The van der Waals surface area contributed by atoms with Gasteiger partial charge in [0.05, 0.1) is 5.69 Å². The molecule has 0 aliphatic carbocycles. The van der Waals surface area contributed by atoms with Gasteiger partial charge in [0.1, 0.15) is 5.75 Å². The summed E-state index contributed by atoms with van der Waals surface area (Å²) in [7, 11) is 0. The van der Waals surface area contributed by atoms with Crippen molar-refractivity contribution in [2.75, 3.05) is 5.73 Å². The van der Waals surface area contributed by atoms with Crippen LogP contribution in [0.5, 0.6) is 11.5 Å². The van der Waals surface area contributed by atoms with Gasteiger partial charge in [0, 0.05) is 10.0 Å². The molecule has 0 saturated heterocycles. The van der Waals surface area contributed by atoms with Gasteiger partial charge in [0.2, 0.25) is 0 Å². The molecule has 0 spiro atoms. The number of aromatic nitrogens is 2. The second kappa shape index (κ2) is 4.60. The molecule has 1 aromatic heterocycles. The Morgan fingerprint density at radius 1 is 1.00 bits per heavy atom. The van der Waals surface area contributed by atoms with Gasteiger partial charge in [0.25, 0.3) is 0 Å². The van der Waals surface area contributed by atoms with Crippen LogP contribution in [0, 0.1) is 0 Å². The third-order valence-electron chi connectivity index (χ3n) is 2.47. The first-order valence-electron chi connectivity index (χ1n) is 5.28. The molecule has 0 fully saturated rings. The van der Waals surface area contributed by atoms with Crippen molar-refractivity contribution in [2.24, 2.45) is 0 Å². The van der Waals surface area contributed by atoms with E-state index in [1.807, 2.05) is 0 Å². The number of halogens is 2. The Hall–Kier alpha value is -1.98. The van der Waals surface area contributed by atoms with Gasteiger partial charge in [-0.05, 0) is 40.6 Å². The maximum absolute atomic E-state index is 5.91. The largest absolute Gasteiger partial charge is 0.455 e. The van der Waals surface area contributed by atoms with Gasteiger partial charge in [-0.2, -0.15) is 0 Å². The number of nitrogens with zero attached hydrogens (tertiary/aromatic N) is 2. The molecule has 3 rings (SSSR count). The van der Waals surface area contributed by atoms with Crippen molar-refractivity contribution in [2.45, 2.75) is 0 Å². The van der Waals surface area contributed by atoms with Crippen LogP contribution in [-0.2, 0) is 0 Å². The van der Waals surface area contributed by atoms with E-state index in [0.29, 0.717) is 38.3 Å². The minimum absolute atomic E-state index is 0.441. The topological polar surface area (TPSA) is 74.2 Å². The number of hydrogen-bond donors (Lipinski definition) is 1. The van der Waals surface area contributed by atoms with Crippen LogP contribution in [0.4, 0.5) is 5.69 Å². The summed E-state index contributed by atoms with van der Waals surface area (Å²) in [4.78, 5) is 0. The first kappa shape index (κ1) is 12.1. The molecule has 0 bridgehead atoms. The number of nitrogen functional groups attached to an aromatic ring is 1. The molecular weight excluding hydrogens is 289 g/mol. The minimum Gasteiger partial charge on any atom is -0.455 e. The van der Waals surface area contributed by atoms with E-state index in [-0.39, 0.29) is 0 Å². The van der Waals surface area contributed by atoms with Crippen LogP contribution < -0.4 is 10.5 Å². The Morgan fingerprint density at radius 2 is 1.68 bits per heavy atom. The van der Waals surface area contributed by atoms with Gasteiger partial charge in [-0.1, -0.05) is 23.2 Å². The Morgan fingerprint density at radius 3 is 2.42 bits per heavy atom. The molecule has 0 aliphatic rings. The Bertz CT molecular complexity index is 738. The van der Waals surface area contributed by atoms with Crippen molar-refractivity contribution in [1.82, 2.24) is 10.3 Å². The first-order chi connectivity index (χ1) is 9.13. The van der Waals surface area contributed by atoms with E-state index >= 15 is 0 Å². The summed E-state index contributed by atoms with van der Waals surface area (Å²) in [6.45, 7) is 0. The lowest BCUT2D eigenvalue weighted by Gasteiger charge is -2.07. The normalized spacial score (nSPS) is 10.8. The monoisotopic (exact) mass is 295 g/mol. The summed E-state index contributed by atoms with van der Waals surface area (Å²) in [5.41, 5.74) is 7.11.